The molecule has 0 heterocycles. The van der Waals surface area contributed by atoms with Crippen molar-refractivity contribution in [2.24, 2.45) is 0 Å². The van der Waals surface area contributed by atoms with Gasteiger partial charge in [0.15, 0.2) is 11.5 Å². The second kappa shape index (κ2) is 4.75. The fourth-order valence-electron chi connectivity index (χ4n) is 1.04. The summed E-state index contributed by atoms with van der Waals surface area (Å²) in [5, 5.41) is 17.8. The van der Waals surface area contributed by atoms with Gasteiger partial charge in [0.2, 0.25) is 0 Å². The van der Waals surface area contributed by atoms with Gasteiger partial charge in [-0.05, 0) is 23.8 Å². The molecule has 0 atom stereocenters. The van der Waals surface area contributed by atoms with Crippen LogP contribution in [0.5, 0.6) is 11.5 Å². The van der Waals surface area contributed by atoms with Crippen LogP contribution in [0.15, 0.2) is 24.3 Å². The van der Waals surface area contributed by atoms with Gasteiger partial charge in [0.1, 0.15) is 0 Å². The number of ether oxygens (including phenoxy) is 1. The van der Waals surface area contributed by atoms with Crippen molar-refractivity contribution < 1.29 is 19.7 Å². The summed E-state index contributed by atoms with van der Waals surface area (Å²) >= 11 is 4.02. The van der Waals surface area contributed by atoms with E-state index in [0.29, 0.717) is 10.5 Å². The van der Waals surface area contributed by atoms with E-state index >= 15 is 0 Å². The predicted molar refractivity (Wildman–Crippen MR) is 59.3 cm³/mol. The first-order valence-electron chi connectivity index (χ1n) is 4.05. The Morgan fingerprint density at radius 2 is 2.20 bits per heavy atom. The summed E-state index contributed by atoms with van der Waals surface area (Å²) in [4.78, 5) is 10.7. The van der Waals surface area contributed by atoms with Crippen molar-refractivity contribution in [2.75, 3.05) is 7.11 Å². The third kappa shape index (κ3) is 2.92. The number of benzene rings is 1. The second-order valence-electron chi connectivity index (χ2n) is 2.75. The summed E-state index contributed by atoms with van der Waals surface area (Å²) in [5.74, 6) is -0.803. The maximum absolute atomic E-state index is 10.4. The topological polar surface area (TPSA) is 66.8 Å². The molecule has 0 amide bonds. The Kier molecular flexibility index (Phi) is 3.62. The highest BCUT2D eigenvalue weighted by atomic mass is 32.1. The first-order valence-corrected chi connectivity index (χ1v) is 4.50. The SMILES string of the molecule is COc1cc(C(S)=CC(=O)O)ccc1O. The lowest BCUT2D eigenvalue weighted by Gasteiger charge is -2.05. The van der Waals surface area contributed by atoms with Crippen molar-refractivity contribution in [2.45, 2.75) is 0 Å². The maximum atomic E-state index is 10.4. The lowest BCUT2D eigenvalue weighted by molar-refractivity contribution is -0.131. The molecule has 0 unspecified atom stereocenters. The molecule has 0 aliphatic carbocycles. The Hall–Kier alpha value is -1.62. The lowest BCUT2D eigenvalue weighted by atomic mass is 10.2. The van der Waals surface area contributed by atoms with E-state index in [1.54, 1.807) is 6.07 Å². The minimum Gasteiger partial charge on any atom is -0.504 e. The van der Waals surface area contributed by atoms with Crippen LogP contribution in [0.25, 0.3) is 4.91 Å². The van der Waals surface area contributed by atoms with Crippen LogP contribution in [0, 0.1) is 0 Å². The summed E-state index contributed by atoms with van der Waals surface area (Å²) in [7, 11) is 1.41. The van der Waals surface area contributed by atoms with Gasteiger partial charge < -0.3 is 14.9 Å². The Morgan fingerprint density at radius 3 is 2.73 bits per heavy atom. The van der Waals surface area contributed by atoms with E-state index in [4.69, 9.17) is 9.84 Å². The molecule has 0 aromatic heterocycles. The van der Waals surface area contributed by atoms with Crippen molar-refractivity contribution in [3.05, 3.63) is 29.8 Å². The van der Waals surface area contributed by atoms with Gasteiger partial charge in [-0.2, -0.15) is 0 Å². The van der Waals surface area contributed by atoms with Crippen LogP contribution in [0.4, 0.5) is 0 Å². The smallest absolute Gasteiger partial charge is 0.329 e. The molecule has 0 saturated carbocycles. The third-order valence-corrected chi connectivity index (χ3v) is 2.12. The molecule has 2 N–H and O–H groups in total. The quantitative estimate of drug-likeness (QED) is 0.542. The second-order valence-corrected chi connectivity index (χ2v) is 3.24. The van der Waals surface area contributed by atoms with E-state index < -0.39 is 5.97 Å². The van der Waals surface area contributed by atoms with Crippen molar-refractivity contribution in [3.63, 3.8) is 0 Å². The van der Waals surface area contributed by atoms with Crippen LogP contribution < -0.4 is 4.74 Å². The lowest BCUT2D eigenvalue weighted by Crippen LogP contribution is -1.90. The molecule has 1 aromatic rings. The van der Waals surface area contributed by atoms with Crippen LogP contribution in [0.1, 0.15) is 5.56 Å². The first kappa shape index (κ1) is 11.5. The number of aliphatic carboxylic acids is 1. The van der Waals surface area contributed by atoms with E-state index in [2.05, 4.69) is 12.6 Å². The summed E-state index contributed by atoms with van der Waals surface area (Å²) in [6.45, 7) is 0. The summed E-state index contributed by atoms with van der Waals surface area (Å²) in [5.41, 5.74) is 0.565. The van der Waals surface area contributed by atoms with Gasteiger partial charge in [-0.1, -0.05) is 0 Å². The molecule has 4 nitrogen and oxygen atoms in total. The molecular formula is C10H10O4S. The van der Waals surface area contributed by atoms with E-state index in [9.17, 15) is 9.90 Å². The molecule has 0 spiro atoms. The number of phenolic OH excluding ortho intramolecular Hbond substituents is 1. The molecular weight excluding hydrogens is 216 g/mol. The van der Waals surface area contributed by atoms with Crippen molar-refractivity contribution in [1.29, 1.82) is 0 Å². The molecule has 0 aliphatic heterocycles. The zero-order valence-corrected chi connectivity index (χ0v) is 8.86. The maximum Gasteiger partial charge on any atom is 0.329 e. The van der Waals surface area contributed by atoms with Crippen LogP contribution in [-0.4, -0.2) is 23.3 Å². The Morgan fingerprint density at radius 1 is 1.53 bits per heavy atom. The number of carboxylic acid groups (broad SMARTS) is 1. The van der Waals surface area contributed by atoms with Gasteiger partial charge in [0.05, 0.1) is 7.11 Å². The number of phenols is 1. The normalized spacial score (nSPS) is 11.2. The molecule has 1 aromatic carbocycles. The zero-order chi connectivity index (χ0) is 11.4. The monoisotopic (exact) mass is 226 g/mol. The van der Waals surface area contributed by atoms with Gasteiger partial charge in [0.25, 0.3) is 0 Å². The van der Waals surface area contributed by atoms with Crippen molar-refractivity contribution >= 4 is 23.5 Å². The van der Waals surface area contributed by atoms with Crippen LogP contribution in [0.3, 0.4) is 0 Å². The minimum atomic E-state index is -1.08. The first-order chi connectivity index (χ1) is 7.04. The predicted octanol–water partition coefficient (Wildman–Crippen LogP) is 1.76. The molecule has 0 radical (unpaired) electrons. The fraction of sp³-hybridized carbons (Fsp3) is 0.100. The standard InChI is InChI=1S/C10H10O4S/c1-14-8-4-6(2-3-7(8)11)9(15)5-10(12)13/h2-5,11,15H,1H3,(H,12,13). The largest absolute Gasteiger partial charge is 0.504 e. The van der Waals surface area contributed by atoms with E-state index in [1.807, 2.05) is 0 Å². The van der Waals surface area contributed by atoms with Crippen LogP contribution >= 0.6 is 12.6 Å². The van der Waals surface area contributed by atoms with E-state index in [1.165, 1.54) is 19.2 Å². The molecule has 1 rings (SSSR count). The Bertz CT molecular complexity index is 412. The molecule has 15 heavy (non-hydrogen) atoms. The van der Waals surface area contributed by atoms with E-state index in [-0.39, 0.29) is 11.5 Å². The number of aromatic hydroxyl groups is 1. The highest BCUT2D eigenvalue weighted by Crippen LogP contribution is 2.30. The number of carboxylic acids is 1. The van der Waals surface area contributed by atoms with Crippen molar-refractivity contribution in [3.8, 4) is 11.5 Å². The van der Waals surface area contributed by atoms with E-state index in [0.717, 1.165) is 6.08 Å². The van der Waals surface area contributed by atoms with Gasteiger partial charge >= 0.3 is 5.97 Å². The number of methoxy groups -OCH3 is 1. The van der Waals surface area contributed by atoms with Gasteiger partial charge in [-0.3, -0.25) is 0 Å². The Labute approximate surface area is 92.2 Å². The van der Waals surface area contributed by atoms with Crippen LogP contribution in [0.2, 0.25) is 0 Å². The molecule has 0 fully saturated rings. The fourth-order valence-corrected chi connectivity index (χ4v) is 1.29. The number of rotatable bonds is 3. The summed E-state index contributed by atoms with van der Waals surface area (Å²) < 4.78 is 4.88. The number of hydrogen-bond acceptors (Lipinski definition) is 4. The highest BCUT2D eigenvalue weighted by molar-refractivity contribution is 7.90. The zero-order valence-electron chi connectivity index (χ0n) is 7.97. The highest BCUT2D eigenvalue weighted by Gasteiger charge is 2.05. The summed E-state index contributed by atoms with van der Waals surface area (Å²) in [6.07, 6.45) is 0.967. The molecule has 5 heteroatoms. The molecule has 0 bridgehead atoms. The van der Waals surface area contributed by atoms with Gasteiger partial charge in [0, 0.05) is 11.0 Å². The van der Waals surface area contributed by atoms with Gasteiger partial charge in [-0.15, -0.1) is 12.6 Å². The molecule has 0 saturated heterocycles. The van der Waals surface area contributed by atoms with Gasteiger partial charge in [-0.25, -0.2) is 4.79 Å². The van der Waals surface area contributed by atoms with Crippen molar-refractivity contribution in [1.82, 2.24) is 0 Å². The molecule has 80 valence electrons. The number of hydrogen-bond donors (Lipinski definition) is 3. The summed E-state index contributed by atoms with van der Waals surface area (Å²) in [6, 6.07) is 4.48. The number of carbonyl (C=O) groups is 1. The average molecular weight is 226 g/mol. The number of thiol groups is 1. The Balaban J connectivity index is 3.11. The molecule has 0 aliphatic rings. The average Bonchev–Trinajstić information content (AvgIpc) is 2.17. The minimum absolute atomic E-state index is 0.00212. The van der Waals surface area contributed by atoms with Crippen LogP contribution in [-0.2, 0) is 4.79 Å². The third-order valence-electron chi connectivity index (χ3n) is 1.74.